The molecule has 13 atom stereocenters. The van der Waals surface area contributed by atoms with Crippen molar-refractivity contribution in [1.29, 1.82) is 0 Å². The second kappa shape index (κ2) is 51.5. The molecule has 24 N–H and O–H groups in total. The van der Waals surface area contributed by atoms with E-state index in [0.29, 0.717) is 127 Å². The Hall–Kier alpha value is -9.90. The van der Waals surface area contributed by atoms with E-state index in [0.717, 1.165) is 0 Å². The van der Waals surface area contributed by atoms with Crippen LogP contribution in [0.2, 0.25) is 25.7 Å². The molecule has 0 bridgehead atoms. The zero-order chi connectivity index (χ0) is 89.6. The second-order valence-corrected chi connectivity index (χ2v) is 40.1. The van der Waals surface area contributed by atoms with Crippen molar-refractivity contribution in [2.24, 2.45) is 119 Å². The summed E-state index contributed by atoms with van der Waals surface area (Å²) < 4.78 is 0. The average molecular weight is 1690 g/mol. The van der Waals surface area contributed by atoms with Crippen molar-refractivity contribution >= 4 is 102 Å². The number of aliphatic carboxylic acids is 2. The first-order valence-corrected chi connectivity index (χ1v) is 45.5. The Balaban J connectivity index is 0.000000615. The van der Waals surface area contributed by atoms with Gasteiger partial charge in [-0.25, -0.2) is 0 Å². The number of nitrogens with zero attached hydrogens (tertiary/aromatic N) is 6. The molecule has 119 heavy (non-hydrogen) atoms. The maximum Gasteiger partial charge on any atom is 0.306 e. The fourth-order valence-corrected chi connectivity index (χ4v) is 17.2. The van der Waals surface area contributed by atoms with E-state index in [9.17, 15) is 78.0 Å². The highest BCUT2D eigenvalue weighted by atomic mass is 28.3. The molecule has 34 nitrogen and oxygen atoms in total. The average Bonchev–Trinajstić information content (AvgIpc) is 1.78. The minimum atomic E-state index is -1.86. The molecule has 35 heteroatoms. The Morgan fingerprint density at radius 2 is 0.840 bits per heavy atom. The number of ketones is 6. The Kier molecular flexibility index (Phi) is 44.7. The minimum absolute atomic E-state index is 0.0250. The number of likely N-dealkylation sites (N-methyl/N-ethyl adjacent to an activating group) is 2. The van der Waals surface area contributed by atoms with Crippen LogP contribution in [-0.2, 0) is 70.4 Å². The maximum atomic E-state index is 14.4. The molecule has 1 unspecified atom stereocenters. The first-order chi connectivity index (χ1) is 55.8. The Labute approximate surface area is 702 Å². The topological polar surface area (TPSA) is 598 Å². The van der Waals surface area contributed by atoms with Crippen molar-refractivity contribution in [3.8, 4) is 11.5 Å². The number of carboxylic acid groups (broad SMARTS) is 2. The molecule has 0 spiro atoms. The van der Waals surface area contributed by atoms with Crippen LogP contribution in [0.1, 0.15) is 188 Å². The number of likely N-dealkylation sites (tertiary alicyclic amines) is 2. The fourth-order valence-electron chi connectivity index (χ4n) is 15.4. The molecule has 0 aliphatic carbocycles. The third-order valence-electron chi connectivity index (χ3n) is 21.8. The van der Waals surface area contributed by atoms with Gasteiger partial charge in [-0.15, -0.1) is 0 Å². The smallest absolute Gasteiger partial charge is 0.306 e. The van der Waals surface area contributed by atoms with Crippen molar-refractivity contribution < 1.29 is 78.0 Å². The molecule has 666 valence electrons. The molecule has 0 saturated carbocycles. The molecule has 2 saturated heterocycles. The minimum Gasteiger partial charge on any atom is -0.508 e. The number of hydrogen-bond acceptors (Lipinski definition) is 20. The molecule has 4 amide bonds. The van der Waals surface area contributed by atoms with Gasteiger partial charge in [-0.1, -0.05) is 98.8 Å². The molecule has 0 aromatic heterocycles. The number of benzene rings is 2. The molecule has 4 rings (SSSR count). The van der Waals surface area contributed by atoms with Crippen LogP contribution in [0.25, 0.3) is 0 Å². The molecule has 2 aliphatic rings. The number of aromatic hydroxyl groups is 2. The van der Waals surface area contributed by atoms with E-state index < -0.39 is 115 Å². The second-order valence-electron chi connectivity index (χ2n) is 34.6. The van der Waals surface area contributed by atoms with E-state index in [1.165, 1.54) is 34.1 Å². The third kappa shape index (κ3) is 37.9. The number of aliphatic imine (C=N–C) groups is 4. The number of amides is 4. The van der Waals surface area contributed by atoms with Gasteiger partial charge < -0.3 is 97.4 Å². The lowest BCUT2D eigenvalue weighted by molar-refractivity contribution is -0.145. The van der Waals surface area contributed by atoms with Crippen LogP contribution in [0.5, 0.6) is 11.5 Å². The van der Waals surface area contributed by atoms with Gasteiger partial charge in [-0.3, -0.25) is 77.5 Å². The number of nitrogens with two attached hydrogens (primary N) is 8. The van der Waals surface area contributed by atoms with Crippen LogP contribution in [0, 0.1) is 52.8 Å². The van der Waals surface area contributed by atoms with Crippen molar-refractivity contribution in [3.63, 3.8) is 0 Å². The van der Waals surface area contributed by atoms with Crippen molar-refractivity contribution in [1.82, 2.24) is 31.1 Å². The van der Waals surface area contributed by atoms with Gasteiger partial charge in [-0.2, -0.15) is 0 Å². The Bertz CT molecular complexity index is 3770. The van der Waals surface area contributed by atoms with Crippen molar-refractivity contribution in [2.75, 3.05) is 53.4 Å². The number of carboxylic acids is 2. The number of carbonyl (C=O) groups is 12. The monoisotopic (exact) mass is 1690 g/mol. The number of Topliss-reactive ketones (excluding diaryl/α,β-unsaturated/α-hetero) is 6. The number of phenolic OH excluding ortho intramolecular Hbond substituents is 2. The highest BCUT2D eigenvalue weighted by Crippen LogP contribution is 2.33. The summed E-state index contributed by atoms with van der Waals surface area (Å²) in [6, 6.07) is 8.10. The predicted octanol–water partition coefficient (Wildman–Crippen LogP) is 4.31. The van der Waals surface area contributed by atoms with E-state index >= 15 is 0 Å². The van der Waals surface area contributed by atoms with Gasteiger partial charge in [0.25, 0.3) is 0 Å². The Morgan fingerprint density at radius 1 is 0.487 bits per heavy atom. The van der Waals surface area contributed by atoms with Crippen LogP contribution in [-0.4, -0.2) is 222 Å². The molecular weight excluding hydrogens is 1550 g/mol. The van der Waals surface area contributed by atoms with Crippen LogP contribution in [0.4, 0.5) is 0 Å². The summed E-state index contributed by atoms with van der Waals surface area (Å²) in [6.07, 6.45) is 5.04. The number of hydrogen-bond donors (Lipinski definition) is 16. The molecule has 2 heterocycles. The lowest BCUT2D eigenvalue weighted by atomic mass is 9.80. The zero-order valence-electron chi connectivity index (χ0n) is 72.2. The lowest BCUT2D eigenvalue weighted by Crippen LogP contribution is -2.52. The van der Waals surface area contributed by atoms with Gasteiger partial charge in [0.1, 0.15) is 11.5 Å². The van der Waals surface area contributed by atoms with Gasteiger partial charge in [0.2, 0.25) is 23.6 Å². The summed E-state index contributed by atoms with van der Waals surface area (Å²) in [6.45, 7) is 20.7. The molecule has 2 aliphatic heterocycles. The Morgan fingerprint density at radius 3 is 1.17 bits per heavy atom. The van der Waals surface area contributed by atoms with Crippen LogP contribution < -0.4 is 67.1 Å². The van der Waals surface area contributed by atoms with E-state index in [-0.39, 0.29) is 159 Å². The maximum absolute atomic E-state index is 14.4. The van der Waals surface area contributed by atoms with Crippen molar-refractivity contribution in [3.05, 3.63) is 59.7 Å². The van der Waals surface area contributed by atoms with Gasteiger partial charge in [0.05, 0.1) is 48.1 Å². The summed E-state index contributed by atoms with van der Waals surface area (Å²) >= 11 is 0. The first kappa shape index (κ1) is 103. The largest absolute Gasteiger partial charge is 0.508 e. The lowest BCUT2D eigenvalue weighted by Gasteiger charge is -2.33. The van der Waals surface area contributed by atoms with Crippen LogP contribution in [0.3, 0.4) is 0 Å². The fraction of sp³-hybridized carbons (Fsp3) is 0.667. The van der Waals surface area contributed by atoms with E-state index in [2.05, 4.69) is 41.2 Å². The molecule has 2 aromatic carbocycles. The summed E-state index contributed by atoms with van der Waals surface area (Å²) in [5, 5.41) is 51.5. The number of guanidine groups is 4. The third-order valence-corrected chi connectivity index (χ3v) is 23.5. The summed E-state index contributed by atoms with van der Waals surface area (Å²) in [7, 11) is 1.48. The number of rotatable bonds is 54. The summed E-state index contributed by atoms with van der Waals surface area (Å²) in [5.41, 5.74) is 44.3. The molecule has 0 radical (unpaired) electrons. The highest BCUT2D eigenvalue weighted by molar-refractivity contribution is 6.76. The number of phenols is 2. The quantitative estimate of drug-likeness (QED) is 0.0190. The standard InChI is InChI=1S/C42H71N9O8Si.C42H69N9O8/c1-7-26(2)37(36(55)24-30(40(58)59)25-60(4,5)6)50-38(56)29(21-27-14-16-31(52)17-15-27)23-35(54)33-13-10-20-51(33)39(57)28(11-8-18-48-41(43)44)22-34(53)32(47-3)12-9-19-49-42(45)46;1-25(2)20-29(39(58)59)24-35(55)36(42(3,4)5)50-37(56)28(21-26-13-15-30(52)16-14-26)23-34(54)32-12-9-19-51(32)38(57)27(10-7-17-48-40(43)44)22-33(53)31(47-6)11-8-18-49-41(45)46/h14-17,26,28-30,32-33,37,47,52H,7-13,18-25H2,1-6H3,(H,50,56)(H,58,59)(H4,43,44,48)(H4,45,46,49);13-16,25,27-29,31-32,36,47,52H,7-12,17-24H2,1-6H3,(H,50,56)(H,58,59)(H4,43,44,48)(H4,45,46,49)/t26?,28-,29-,30+,32-,33+,37+;27-,28-,29-,31+,32+,36-/m11/s1. The number of nitrogens with one attached hydrogen (secondary N) is 4. The predicted molar refractivity (Wildman–Crippen MR) is 463 cm³/mol. The summed E-state index contributed by atoms with van der Waals surface area (Å²) in [5.74, 6) is -11.5. The van der Waals surface area contributed by atoms with Gasteiger partial charge >= 0.3 is 11.9 Å². The molecule has 2 aromatic rings. The SMILES string of the molecule is CCC(C)[C@H](NC(=O)[C@@H](CC(=O)[C@@H]1CCCN1C(=O)[C@H](CCCN=C(N)N)CC(=O)[C@@H](CCCN=C(N)N)NC)Cc1ccc(O)cc1)C(=O)C[C@@H](C[Si](C)(C)C)C(=O)O.CN[C@@H](CCCN=C(N)N)C(=O)C[C@@H](CCCN=C(N)N)C(=O)N1CCC[C@H]1C(=O)C[C@@H](Cc1ccc(O)cc1)C(=O)N[C@H](C(=O)C[C@@H](CC(C)C)C(=O)O)C(C)(C)C. The van der Waals surface area contributed by atoms with E-state index in [4.69, 9.17) is 45.9 Å². The normalized spacial score (nSPS) is 16.8. The van der Waals surface area contributed by atoms with Crippen LogP contribution >= 0.6 is 0 Å². The van der Waals surface area contributed by atoms with Crippen LogP contribution in [0.15, 0.2) is 68.5 Å². The van der Waals surface area contributed by atoms with Gasteiger partial charge in [0, 0.05) is 110 Å². The number of carbonyl (C=O) groups excluding carboxylic acids is 10. The van der Waals surface area contributed by atoms with Gasteiger partial charge in [-0.05, 0) is 169 Å². The zero-order valence-corrected chi connectivity index (χ0v) is 73.2. The molecule has 2 fully saturated rings. The summed E-state index contributed by atoms with van der Waals surface area (Å²) in [4.78, 5) is 184. The molecular formula is C84H140N18O16Si. The van der Waals surface area contributed by atoms with E-state index in [1.54, 1.807) is 59.1 Å². The van der Waals surface area contributed by atoms with Gasteiger partial charge in [0.15, 0.2) is 58.5 Å². The first-order valence-electron chi connectivity index (χ1n) is 41.8. The van der Waals surface area contributed by atoms with E-state index in [1.807, 2.05) is 47.3 Å². The van der Waals surface area contributed by atoms with Crippen molar-refractivity contribution in [2.45, 2.75) is 252 Å². The highest BCUT2D eigenvalue weighted by Gasteiger charge is 2.44.